The minimum absolute atomic E-state index is 0.0208. The number of carbonyl (C=O) groups is 5. The summed E-state index contributed by atoms with van der Waals surface area (Å²) in [6.45, 7) is 12.6. The molecule has 0 bridgehead atoms. The van der Waals surface area contributed by atoms with Crippen LogP contribution in [0.1, 0.15) is 135 Å². The lowest BCUT2D eigenvalue weighted by atomic mass is 9.85. The van der Waals surface area contributed by atoms with Crippen molar-refractivity contribution in [1.82, 2.24) is 4.98 Å². The Hall–Kier alpha value is -6.95. The number of unbranched alkanes of at least 4 members (excludes halogenated alkanes) is 2. The van der Waals surface area contributed by atoms with Crippen molar-refractivity contribution in [2.75, 3.05) is 13.2 Å². The molecule has 11 atom stereocenters. The van der Waals surface area contributed by atoms with Gasteiger partial charge in [-0.15, -0.1) is 0 Å². The maximum absolute atomic E-state index is 10.6. The highest BCUT2D eigenvalue weighted by molar-refractivity contribution is 5.84. The Morgan fingerprint density at radius 2 is 0.978 bits per heavy atom. The number of aliphatic hydroxyl groups excluding tert-OH is 4. The minimum atomic E-state index is -1.18. The number of aliphatic hydroxyl groups is 4. The number of phenolic OH excluding ortho intramolecular Hbond substituents is 1. The van der Waals surface area contributed by atoms with E-state index in [9.17, 15) is 29.1 Å². The number of fused-ring (bicyclic) bond motifs is 1. The number of aromatic nitrogens is 1. The largest absolute Gasteiger partial charge is 0.508 e. The molecular weight excluding hydrogens is 1160 g/mol. The van der Waals surface area contributed by atoms with Crippen molar-refractivity contribution in [3.05, 3.63) is 138 Å². The lowest BCUT2D eigenvalue weighted by Gasteiger charge is -2.24. The Morgan fingerprint density at radius 1 is 0.533 bits per heavy atom. The van der Waals surface area contributed by atoms with E-state index in [0.29, 0.717) is 24.9 Å². The molecular formula is C65H110N10O15. The summed E-state index contributed by atoms with van der Waals surface area (Å²) in [5, 5.41) is 86.1. The maximum Gasteiger partial charge on any atom is 0.322 e. The highest BCUT2D eigenvalue weighted by Crippen LogP contribution is 2.25. The lowest BCUT2D eigenvalue weighted by molar-refractivity contribution is -0.140. The van der Waals surface area contributed by atoms with E-state index in [2.05, 4.69) is 25.8 Å². The third-order valence-corrected chi connectivity index (χ3v) is 13.4. The molecule has 1 heterocycles. The van der Waals surface area contributed by atoms with Gasteiger partial charge in [0.05, 0.1) is 31.5 Å². The van der Waals surface area contributed by atoms with Crippen LogP contribution in [0.3, 0.4) is 0 Å². The zero-order chi connectivity index (χ0) is 69.5. The Kier molecular flexibility index (Phi) is 50.2. The smallest absolute Gasteiger partial charge is 0.322 e. The molecule has 5 aromatic rings. The summed E-state index contributed by atoms with van der Waals surface area (Å²) in [6, 6.07) is 28.6. The van der Waals surface area contributed by atoms with E-state index >= 15 is 0 Å². The van der Waals surface area contributed by atoms with Crippen molar-refractivity contribution in [3.63, 3.8) is 0 Å². The van der Waals surface area contributed by atoms with Crippen molar-refractivity contribution in [3.8, 4) is 5.75 Å². The number of aromatic amines is 1. The van der Waals surface area contributed by atoms with Crippen LogP contribution in [-0.4, -0.2) is 160 Å². The molecule has 1 aliphatic carbocycles. The van der Waals surface area contributed by atoms with Gasteiger partial charge >= 0.3 is 29.8 Å². The number of hydrogen-bond donors (Lipinski definition) is 20. The molecule has 0 unspecified atom stereocenters. The van der Waals surface area contributed by atoms with Crippen LogP contribution in [0.25, 0.3) is 10.9 Å². The number of aliphatic carboxylic acids is 5. The number of nitrogens with one attached hydrogen (secondary N) is 1. The first kappa shape index (κ1) is 87.3. The number of aromatic hydroxyl groups is 1. The van der Waals surface area contributed by atoms with E-state index in [0.717, 1.165) is 39.1 Å². The Bertz CT molecular complexity index is 2610. The number of nitrogens with two attached hydrogens (primary N) is 9. The van der Waals surface area contributed by atoms with E-state index in [1.807, 2.05) is 91.1 Å². The Balaban J connectivity index is -0.000000958. The molecule has 90 heavy (non-hydrogen) atoms. The number of hydrogen-bond acceptors (Lipinski definition) is 19. The van der Waals surface area contributed by atoms with Crippen LogP contribution in [0.5, 0.6) is 5.75 Å². The van der Waals surface area contributed by atoms with Crippen molar-refractivity contribution in [2.45, 2.75) is 192 Å². The van der Waals surface area contributed by atoms with Crippen molar-refractivity contribution in [1.29, 1.82) is 0 Å². The van der Waals surface area contributed by atoms with Crippen LogP contribution < -0.4 is 51.6 Å². The average Bonchev–Trinajstić information content (AvgIpc) is 1.82. The molecule has 510 valence electrons. The monoisotopic (exact) mass is 1270 g/mol. The molecule has 0 aliphatic heterocycles. The summed E-state index contributed by atoms with van der Waals surface area (Å²) < 4.78 is 0. The summed E-state index contributed by atoms with van der Waals surface area (Å²) in [5.41, 5.74) is 52.6. The minimum Gasteiger partial charge on any atom is -0.508 e. The van der Waals surface area contributed by atoms with E-state index in [1.54, 1.807) is 39.8 Å². The quantitative estimate of drug-likeness (QED) is 0.0433. The number of H-pyrrole nitrogens is 1. The fraction of sp³-hybridized carbons (Fsp3) is 0.523. The van der Waals surface area contributed by atoms with Gasteiger partial charge < -0.3 is 108 Å². The zero-order valence-corrected chi connectivity index (χ0v) is 53.6. The second-order valence-electron chi connectivity index (χ2n) is 22.2. The first-order valence-corrected chi connectivity index (χ1v) is 30.1. The van der Waals surface area contributed by atoms with Crippen LogP contribution in [0.4, 0.5) is 0 Å². The molecule has 1 fully saturated rings. The number of carboxylic acid groups (broad SMARTS) is 5. The van der Waals surface area contributed by atoms with Gasteiger partial charge in [-0.1, -0.05) is 150 Å². The topological polar surface area (TPSA) is 538 Å². The maximum atomic E-state index is 10.6. The molecule has 6 rings (SSSR count). The normalized spacial score (nSPS) is 15.1. The van der Waals surface area contributed by atoms with Gasteiger partial charge in [0.25, 0.3) is 0 Å². The molecule has 0 amide bonds. The second-order valence-corrected chi connectivity index (χ2v) is 22.2. The van der Waals surface area contributed by atoms with Gasteiger partial charge in [-0.2, -0.15) is 0 Å². The van der Waals surface area contributed by atoms with Crippen molar-refractivity contribution < 1.29 is 75.0 Å². The molecule has 25 heteroatoms. The summed E-state index contributed by atoms with van der Waals surface area (Å²) in [4.78, 5) is 54.1. The van der Waals surface area contributed by atoms with E-state index in [1.165, 1.54) is 69.9 Å². The highest BCUT2D eigenvalue weighted by Gasteiger charge is 2.18. The number of carboxylic acids is 5. The first-order valence-electron chi connectivity index (χ1n) is 30.1. The third kappa shape index (κ3) is 44.5. The van der Waals surface area contributed by atoms with E-state index in [-0.39, 0.29) is 30.7 Å². The lowest BCUT2D eigenvalue weighted by Crippen LogP contribution is -2.35. The first-order chi connectivity index (χ1) is 42.2. The third-order valence-electron chi connectivity index (χ3n) is 13.4. The second kappa shape index (κ2) is 51.8. The zero-order valence-electron chi connectivity index (χ0n) is 53.6. The van der Waals surface area contributed by atoms with Gasteiger partial charge in [0.2, 0.25) is 0 Å². The number of benzene rings is 4. The average molecular weight is 1270 g/mol. The molecule has 4 aromatic carbocycles. The molecule has 1 saturated carbocycles. The summed E-state index contributed by atoms with van der Waals surface area (Å²) in [6.07, 6.45) is 13.8. The summed E-state index contributed by atoms with van der Waals surface area (Å²) in [7, 11) is 0. The molecule has 0 radical (unpaired) electrons. The molecule has 1 aromatic heterocycles. The van der Waals surface area contributed by atoms with Gasteiger partial charge in [-0.05, 0) is 112 Å². The van der Waals surface area contributed by atoms with E-state index < -0.39 is 84.9 Å². The number of rotatable bonds is 22. The Labute approximate surface area is 531 Å². The van der Waals surface area contributed by atoms with Crippen LogP contribution in [0.2, 0.25) is 0 Å². The van der Waals surface area contributed by atoms with Gasteiger partial charge in [0.1, 0.15) is 36.0 Å². The van der Waals surface area contributed by atoms with Crippen LogP contribution >= 0.6 is 0 Å². The standard InChI is InChI=1S/C11H12N2O2.C9H11NO3.C9H11NO2.C9H13NO.C8H17N.C7H17N.C5H11NO2.C4H11NO2.C3H7NO3/c12-9(11(14)15)5-7-6-13-10-4-2-1-3-8(7)10;10-8(9(12)13)5-6-1-3-7(11)4-2-6;10-8(9(11)12)6-7-4-2-1-3-5-7;1-7(10)9(11)8-5-3-2-4-6-8;1-7(9)8-5-3-2-4-6-8;1-3-4-5-6-7(2)8;1-3(2)4(6)5(7)8;1-3(7)4(5)2-6;4-2(1-5)3(6)7/h1-4,6,9,13H,5,12H2,(H,14,15);1-4,8,11H,5,10H2,(H,12,13);1-5,8H,6,10H2,(H,11,12);2-7,9,11H,10H2,1H3;7-8H,2-6,9H2,1H3;7H,3-6,8H2,1-2H3;3-4H,6H2,1-2H3,(H,7,8);3-4,6-7H,2,5H2,1H3;2,5H,1,4H2,(H,6,7)/t9-;2*8-;7-,9-;2*7-;4-;3-,4-;2-/m000001010/s1. The summed E-state index contributed by atoms with van der Waals surface area (Å²) in [5.74, 6) is -4.05. The van der Waals surface area contributed by atoms with Crippen LogP contribution in [0, 0.1) is 11.8 Å². The molecule has 1 aliphatic rings. The Morgan fingerprint density at radius 3 is 1.32 bits per heavy atom. The number of phenols is 1. The SMILES string of the molecule is CC(C)[C@H](N)C(=O)O.CCCCC[C@@H](C)N.C[C@@H](O)[C@H](N)CO.C[C@H](N)C1CCCCC1.C[C@H](N)[C@H](O)c1ccccc1.N[C@@H](CO)C(=O)O.N[C@@H](Cc1c[nH]c2ccccc12)C(=O)O.N[C@@H](Cc1ccc(O)cc1)C(=O)O.N[C@@H](Cc1ccccc1)C(=O)O. The van der Waals surface area contributed by atoms with Crippen molar-refractivity contribution in [2.24, 2.45) is 63.4 Å². The number of para-hydroxylation sites is 1. The molecule has 29 N–H and O–H groups in total. The fourth-order valence-corrected chi connectivity index (χ4v) is 7.40. The van der Waals surface area contributed by atoms with Gasteiger partial charge in [0.15, 0.2) is 0 Å². The van der Waals surface area contributed by atoms with Gasteiger partial charge in [0, 0.05) is 41.6 Å². The molecule has 25 nitrogen and oxygen atoms in total. The highest BCUT2D eigenvalue weighted by atomic mass is 16.4. The van der Waals surface area contributed by atoms with Crippen LogP contribution in [-0.2, 0) is 43.2 Å². The van der Waals surface area contributed by atoms with Crippen LogP contribution in [0.15, 0.2) is 115 Å². The molecule has 0 saturated heterocycles. The molecule has 0 spiro atoms. The van der Waals surface area contributed by atoms with Crippen molar-refractivity contribution >= 4 is 40.7 Å². The van der Waals surface area contributed by atoms with Gasteiger partial charge in [-0.3, -0.25) is 24.0 Å². The predicted molar refractivity (Wildman–Crippen MR) is 354 cm³/mol. The summed E-state index contributed by atoms with van der Waals surface area (Å²) >= 11 is 0. The fourth-order valence-electron chi connectivity index (χ4n) is 7.40. The van der Waals surface area contributed by atoms with Gasteiger partial charge in [-0.25, -0.2) is 0 Å². The predicted octanol–water partition coefficient (Wildman–Crippen LogP) is 4.14. The van der Waals surface area contributed by atoms with E-state index in [4.69, 9.17) is 97.6 Å².